The summed E-state index contributed by atoms with van der Waals surface area (Å²) in [5.41, 5.74) is 0. The van der Waals surface area contributed by atoms with E-state index in [1.54, 1.807) is 11.8 Å². The molecule has 2 aliphatic rings. The second kappa shape index (κ2) is 6.78. The molecule has 3 atom stereocenters. The van der Waals surface area contributed by atoms with Crippen LogP contribution in [0.3, 0.4) is 0 Å². The molecule has 0 aromatic carbocycles. The van der Waals surface area contributed by atoms with E-state index < -0.39 is 11.9 Å². The third-order valence-electron chi connectivity index (χ3n) is 4.37. The number of carboxylic acids is 1. The first kappa shape index (κ1) is 15.6. The molecule has 0 radical (unpaired) electrons. The molecule has 0 aliphatic carbocycles. The number of amides is 3. The number of nitrogens with one attached hydrogen (secondary N) is 2. The van der Waals surface area contributed by atoms with Gasteiger partial charge < -0.3 is 20.6 Å². The van der Waals surface area contributed by atoms with Gasteiger partial charge in [-0.15, -0.1) is 0 Å². The predicted octanol–water partition coefficient (Wildman–Crippen LogP) is 0.407. The highest BCUT2D eigenvalue weighted by Crippen LogP contribution is 2.27. The minimum atomic E-state index is -0.809. The molecule has 3 amide bonds. The molecule has 118 valence electrons. The van der Waals surface area contributed by atoms with E-state index in [0.29, 0.717) is 32.5 Å². The van der Waals surface area contributed by atoms with Gasteiger partial charge in [0.2, 0.25) is 5.91 Å². The maximum absolute atomic E-state index is 12.2. The van der Waals surface area contributed by atoms with Gasteiger partial charge in [0.05, 0.1) is 17.9 Å². The lowest BCUT2D eigenvalue weighted by atomic mass is 9.92. The molecule has 2 fully saturated rings. The first-order chi connectivity index (χ1) is 10.0. The molecule has 3 N–H and O–H groups in total. The Hall–Kier alpha value is -1.79. The summed E-state index contributed by atoms with van der Waals surface area (Å²) < 4.78 is 0. The molecular formula is C14H23N3O4. The molecule has 2 rings (SSSR count). The number of likely N-dealkylation sites (tertiary alicyclic amines) is 1. The minimum Gasteiger partial charge on any atom is -0.481 e. The number of hydrogen-bond acceptors (Lipinski definition) is 3. The van der Waals surface area contributed by atoms with E-state index in [9.17, 15) is 14.4 Å². The van der Waals surface area contributed by atoms with Crippen molar-refractivity contribution in [3.63, 3.8) is 0 Å². The van der Waals surface area contributed by atoms with E-state index in [4.69, 9.17) is 5.11 Å². The number of carbonyl (C=O) groups is 3. The van der Waals surface area contributed by atoms with Crippen LogP contribution in [0.25, 0.3) is 0 Å². The summed E-state index contributed by atoms with van der Waals surface area (Å²) in [6.07, 6.45) is 2.87. The highest BCUT2D eigenvalue weighted by Gasteiger charge is 2.42. The van der Waals surface area contributed by atoms with Crippen molar-refractivity contribution in [3.8, 4) is 0 Å². The fourth-order valence-corrected chi connectivity index (χ4v) is 3.03. The van der Waals surface area contributed by atoms with Crippen LogP contribution in [0.5, 0.6) is 0 Å². The van der Waals surface area contributed by atoms with Crippen molar-refractivity contribution in [2.24, 2.45) is 11.8 Å². The Morgan fingerprint density at radius 1 is 1.52 bits per heavy atom. The van der Waals surface area contributed by atoms with E-state index in [1.165, 1.54) is 0 Å². The van der Waals surface area contributed by atoms with Crippen molar-refractivity contribution in [1.29, 1.82) is 0 Å². The lowest BCUT2D eigenvalue weighted by molar-refractivity contribution is -0.141. The Kier molecular flexibility index (Phi) is 5.03. The summed E-state index contributed by atoms with van der Waals surface area (Å²) in [6.45, 7) is 3.33. The van der Waals surface area contributed by atoms with Crippen LogP contribution in [-0.2, 0) is 9.59 Å². The zero-order valence-electron chi connectivity index (χ0n) is 12.3. The smallest absolute Gasteiger partial charge is 0.317 e. The number of carbonyl (C=O) groups excluding carboxylic acids is 2. The summed E-state index contributed by atoms with van der Waals surface area (Å²) in [6, 6.07) is -0.187. The van der Waals surface area contributed by atoms with Crippen LogP contribution >= 0.6 is 0 Å². The van der Waals surface area contributed by atoms with Crippen LogP contribution in [0, 0.1) is 11.8 Å². The van der Waals surface area contributed by atoms with Gasteiger partial charge in [-0.2, -0.15) is 0 Å². The largest absolute Gasteiger partial charge is 0.481 e. The number of carboxylic acid groups (broad SMARTS) is 1. The summed E-state index contributed by atoms with van der Waals surface area (Å²) in [5, 5.41) is 14.4. The van der Waals surface area contributed by atoms with E-state index >= 15 is 0 Å². The number of rotatable bonds is 5. The van der Waals surface area contributed by atoms with E-state index in [1.807, 2.05) is 0 Å². The molecule has 21 heavy (non-hydrogen) atoms. The molecule has 7 nitrogen and oxygen atoms in total. The number of piperidine rings is 1. The first-order valence-electron chi connectivity index (χ1n) is 7.55. The van der Waals surface area contributed by atoms with Crippen molar-refractivity contribution in [3.05, 3.63) is 0 Å². The van der Waals surface area contributed by atoms with Crippen molar-refractivity contribution in [2.75, 3.05) is 19.6 Å². The van der Waals surface area contributed by atoms with Crippen molar-refractivity contribution in [1.82, 2.24) is 15.5 Å². The van der Waals surface area contributed by atoms with Gasteiger partial charge in [0.15, 0.2) is 0 Å². The molecule has 0 bridgehead atoms. The van der Waals surface area contributed by atoms with Gasteiger partial charge in [-0.3, -0.25) is 9.59 Å². The van der Waals surface area contributed by atoms with Gasteiger partial charge in [-0.25, -0.2) is 4.79 Å². The second-order valence-electron chi connectivity index (χ2n) is 5.87. The molecular weight excluding hydrogens is 274 g/mol. The van der Waals surface area contributed by atoms with Crippen molar-refractivity contribution in [2.45, 2.75) is 38.6 Å². The Bertz CT molecular complexity index is 426. The maximum atomic E-state index is 12.2. The molecule has 2 heterocycles. The normalized spacial score (nSPS) is 26.0. The van der Waals surface area contributed by atoms with Crippen molar-refractivity contribution < 1.29 is 19.5 Å². The first-order valence-corrected chi connectivity index (χ1v) is 7.55. The molecule has 7 heteroatoms. The summed E-state index contributed by atoms with van der Waals surface area (Å²) in [7, 11) is 0. The van der Waals surface area contributed by atoms with Gasteiger partial charge in [0.25, 0.3) is 0 Å². The van der Waals surface area contributed by atoms with Gasteiger partial charge in [-0.1, -0.05) is 6.92 Å². The molecule has 0 aromatic heterocycles. The third-order valence-corrected chi connectivity index (χ3v) is 4.37. The topological polar surface area (TPSA) is 98.7 Å². The van der Waals surface area contributed by atoms with Gasteiger partial charge in [0.1, 0.15) is 0 Å². The van der Waals surface area contributed by atoms with Crippen LogP contribution < -0.4 is 10.6 Å². The predicted molar refractivity (Wildman–Crippen MR) is 75.7 cm³/mol. The Labute approximate surface area is 124 Å². The van der Waals surface area contributed by atoms with Gasteiger partial charge >= 0.3 is 12.0 Å². The molecule has 3 unspecified atom stereocenters. The standard InChI is InChI=1S/C14H23N3O4/c1-9(13(19)20)4-2-6-15-14(21)17-7-3-5-10-11(17)8-16-12(10)18/h9-11H,2-8H2,1H3,(H,15,21)(H,16,18)(H,19,20). The average Bonchev–Trinajstić information content (AvgIpc) is 2.84. The van der Waals surface area contributed by atoms with Crippen LogP contribution in [-0.4, -0.2) is 53.6 Å². The number of urea groups is 1. The van der Waals surface area contributed by atoms with Gasteiger partial charge in [-0.05, 0) is 25.7 Å². The summed E-state index contributed by atoms with van der Waals surface area (Å²) in [5.74, 6) is -1.22. The summed E-state index contributed by atoms with van der Waals surface area (Å²) in [4.78, 5) is 36.3. The Morgan fingerprint density at radius 2 is 2.29 bits per heavy atom. The average molecular weight is 297 g/mol. The lowest BCUT2D eigenvalue weighted by Crippen LogP contribution is -2.52. The van der Waals surface area contributed by atoms with E-state index in [2.05, 4.69) is 10.6 Å². The second-order valence-corrected chi connectivity index (χ2v) is 5.87. The lowest BCUT2D eigenvalue weighted by Gasteiger charge is -2.35. The highest BCUT2D eigenvalue weighted by molar-refractivity contribution is 5.84. The van der Waals surface area contributed by atoms with Gasteiger partial charge in [0, 0.05) is 19.6 Å². The molecule has 0 aromatic rings. The number of nitrogens with zero attached hydrogens (tertiary/aromatic N) is 1. The molecule has 0 saturated carbocycles. The number of hydrogen-bond donors (Lipinski definition) is 3. The van der Waals surface area contributed by atoms with Crippen LogP contribution in [0.4, 0.5) is 4.79 Å². The highest BCUT2D eigenvalue weighted by atomic mass is 16.4. The van der Waals surface area contributed by atoms with Crippen molar-refractivity contribution >= 4 is 17.9 Å². The van der Waals surface area contributed by atoms with Crippen LogP contribution in [0.15, 0.2) is 0 Å². The third kappa shape index (κ3) is 3.65. The zero-order valence-corrected chi connectivity index (χ0v) is 12.3. The number of fused-ring (bicyclic) bond motifs is 1. The number of aliphatic carboxylic acids is 1. The fraction of sp³-hybridized carbons (Fsp3) is 0.786. The van der Waals surface area contributed by atoms with E-state index in [0.717, 1.165) is 12.8 Å². The molecule has 0 spiro atoms. The Balaban J connectivity index is 1.75. The zero-order chi connectivity index (χ0) is 15.4. The minimum absolute atomic E-state index is 0.0378. The SMILES string of the molecule is CC(CCCNC(=O)N1CCCC2C(=O)NCC21)C(=O)O. The maximum Gasteiger partial charge on any atom is 0.317 e. The molecule has 2 saturated heterocycles. The van der Waals surface area contributed by atoms with Crippen LogP contribution in [0.1, 0.15) is 32.6 Å². The molecule has 2 aliphatic heterocycles. The quantitative estimate of drug-likeness (QED) is 0.640. The Morgan fingerprint density at radius 3 is 3.00 bits per heavy atom. The fourth-order valence-electron chi connectivity index (χ4n) is 3.03. The van der Waals surface area contributed by atoms with Crippen LogP contribution in [0.2, 0.25) is 0 Å². The summed E-state index contributed by atoms with van der Waals surface area (Å²) >= 11 is 0. The van der Waals surface area contributed by atoms with E-state index in [-0.39, 0.29) is 23.9 Å². The monoisotopic (exact) mass is 297 g/mol.